The molecular formula is C17H22N2O3. The molecule has 1 aromatic carbocycles. The molecule has 0 aromatic heterocycles. The summed E-state index contributed by atoms with van der Waals surface area (Å²) in [5, 5.41) is 0. The summed E-state index contributed by atoms with van der Waals surface area (Å²) in [7, 11) is 0. The largest absolute Gasteiger partial charge is 0.378 e. The van der Waals surface area contributed by atoms with Gasteiger partial charge in [-0.05, 0) is 37.1 Å². The molecule has 3 rings (SSSR count). The van der Waals surface area contributed by atoms with E-state index < -0.39 is 0 Å². The van der Waals surface area contributed by atoms with E-state index in [4.69, 9.17) is 4.74 Å². The maximum absolute atomic E-state index is 12.5. The third-order valence-electron chi connectivity index (χ3n) is 4.60. The van der Waals surface area contributed by atoms with Gasteiger partial charge >= 0.3 is 0 Å². The molecule has 2 fully saturated rings. The van der Waals surface area contributed by atoms with Gasteiger partial charge in [0, 0.05) is 31.7 Å². The number of morpholine rings is 1. The van der Waals surface area contributed by atoms with Crippen molar-refractivity contribution in [1.29, 1.82) is 0 Å². The van der Waals surface area contributed by atoms with Crippen LogP contribution in [0.25, 0.3) is 0 Å². The lowest BCUT2D eigenvalue weighted by atomic mass is 10.1. The molecule has 2 amide bonds. The van der Waals surface area contributed by atoms with Crippen LogP contribution in [0.5, 0.6) is 0 Å². The molecule has 1 aromatic rings. The summed E-state index contributed by atoms with van der Waals surface area (Å²) in [4.78, 5) is 28.4. The van der Waals surface area contributed by atoms with Crippen LogP contribution >= 0.6 is 0 Å². The topological polar surface area (TPSA) is 49.9 Å². The van der Waals surface area contributed by atoms with Crippen LogP contribution in [-0.2, 0) is 14.3 Å². The van der Waals surface area contributed by atoms with Crippen molar-refractivity contribution in [2.24, 2.45) is 5.92 Å². The van der Waals surface area contributed by atoms with Crippen LogP contribution < -0.4 is 4.90 Å². The molecule has 0 spiro atoms. The molecule has 0 saturated carbocycles. The molecule has 0 unspecified atom stereocenters. The van der Waals surface area contributed by atoms with Gasteiger partial charge in [-0.25, -0.2) is 0 Å². The van der Waals surface area contributed by atoms with Crippen molar-refractivity contribution in [3.63, 3.8) is 0 Å². The predicted octanol–water partition coefficient (Wildman–Crippen LogP) is 1.52. The monoisotopic (exact) mass is 302 g/mol. The highest BCUT2D eigenvalue weighted by molar-refractivity contribution is 6.00. The Morgan fingerprint density at radius 2 is 1.91 bits per heavy atom. The predicted molar refractivity (Wildman–Crippen MR) is 83.8 cm³/mol. The molecule has 0 radical (unpaired) electrons. The fraction of sp³-hybridized carbons (Fsp3) is 0.529. The smallest absolute Gasteiger partial charge is 0.228 e. The van der Waals surface area contributed by atoms with Gasteiger partial charge in [-0.2, -0.15) is 0 Å². The lowest BCUT2D eigenvalue weighted by Crippen LogP contribution is -2.44. The van der Waals surface area contributed by atoms with Crippen LogP contribution in [0.4, 0.5) is 5.69 Å². The molecule has 0 bridgehead atoms. The van der Waals surface area contributed by atoms with Gasteiger partial charge in [0.05, 0.1) is 19.1 Å². The Bertz CT molecular complexity index is 594. The van der Waals surface area contributed by atoms with E-state index in [0.717, 1.165) is 11.3 Å². The molecular weight excluding hydrogens is 280 g/mol. The normalized spacial score (nSPS) is 22.3. The molecule has 2 heterocycles. The summed E-state index contributed by atoms with van der Waals surface area (Å²) in [6.45, 7) is 7.02. The Kier molecular flexibility index (Phi) is 4.16. The molecule has 0 N–H and O–H groups in total. The van der Waals surface area contributed by atoms with Crippen LogP contribution in [0.3, 0.4) is 0 Å². The number of anilines is 1. The molecule has 1 atom stereocenters. The minimum absolute atomic E-state index is 0.0369. The van der Waals surface area contributed by atoms with Crippen LogP contribution in [-0.4, -0.2) is 49.6 Å². The number of hydrogen-bond donors (Lipinski definition) is 0. The lowest BCUT2D eigenvalue weighted by molar-refractivity contribution is -0.139. The Morgan fingerprint density at radius 1 is 1.18 bits per heavy atom. The van der Waals surface area contributed by atoms with E-state index in [1.807, 2.05) is 30.0 Å². The van der Waals surface area contributed by atoms with E-state index in [9.17, 15) is 9.59 Å². The van der Waals surface area contributed by atoms with Crippen molar-refractivity contribution in [3.05, 3.63) is 29.3 Å². The summed E-state index contributed by atoms with van der Waals surface area (Å²) in [6, 6.07) is 6.01. The second-order valence-corrected chi connectivity index (χ2v) is 6.11. The molecule has 0 aliphatic carbocycles. The number of rotatable bonds is 2. The molecule has 5 nitrogen and oxygen atoms in total. The van der Waals surface area contributed by atoms with Crippen LogP contribution in [0.15, 0.2) is 18.2 Å². The fourth-order valence-corrected chi connectivity index (χ4v) is 3.06. The quantitative estimate of drug-likeness (QED) is 0.832. The zero-order chi connectivity index (χ0) is 15.7. The SMILES string of the molecule is Cc1ccc(N2C[C@@H](C(=O)N3CCOCC3)CC2=O)cc1C. The van der Waals surface area contributed by atoms with Crippen molar-refractivity contribution in [1.82, 2.24) is 4.90 Å². The van der Waals surface area contributed by atoms with Crippen molar-refractivity contribution >= 4 is 17.5 Å². The Hall–Kier alpha value is -1.88. The second-order valence-electron chi connectivity index (χ2n) is 6.11. The molecule has 2 saturated heterocycles. The zero-order valence-corrected chi connectivity index (χ0v) is 13.2. The molecule has 22 heavy (non-hydrogen) atoms. The number of hydrogen-bond acceptors (Lipinski definition) is 3. The third kappa shape index (κ3) is 2.86. The van der Waals surface area contributed by atoms with E-state index in [1.54, 1.807) is 4.90 Å². The third-order valence-corrected chi connectivity index (χ3v) is 4.60. The van der Waals surface area contributed by atoms with Gasteiger partial charge in [-0.1, -0.05) is 6.07 Å². The first kappa shape index (κ1) is 15.0. The standard InChI is InChI=1S/C17H22N2O3/c1-12-3-4-15(9-13(12)2)19-11-14(10-16(19)20)17(21)18-5-7-22-8-6-18/h3-4,9,14H,5-8,10-11H2,1-2H3/t14-/m0/s1. The molecule has 5 heteroatoms. The van der Waals surface area contributed by atoms with E-state index in [0.29, 0.717) is 39.3 Å². The number of carbonyl (C=O) groups excluding carboxylic acids is 2. The first-order valence-corrected chi connectivity index (χ1v) is 7.80. The summed E-state index contributed by atoms with van der Waals surface area (Å²) < 4.78 is 5.28. The summed E-state index contributed by atoms with van der Waals surface area (Å²) in [5.41, 5.74) is 3.26. The summed E-state index contributed by atoms with van der Waals surface area (Å²) in [6.07, 6.45) is 0.309. The van der Waals surface area contributed by atoms with Gasteiger partial charge in [-0.3, -0.25) is 9.59 Å². The number of carbonyl (C=O) groups is 2. The molecule has 2 aliphatic rings. The van der Waals surface area contributed by atoms with E-state index in [2.05, 4.69) is 6.92 Å². The maximum Gasteiger partial charge on any atom is 0.228 e. The van der Waals surface area contributed by atoms with Gasteiger partial charge in [0.15, 0.2) is 0 Å². The maximum atomic E-state index is 12.5. The number of ether oxygens (including phenoxy) is 1. The van der Waals surface area contributed by atoms with Crippen molar-refractivity contribution in [3.8, 4) is 0 Å². The van der Waals surface area contributed by atoms with Crippen LogP contribution in [0.2, 0.25) is 0 Å². The number of nitrogens with zero attached hydrogens (tertiary/aromatic N) is 2. The fourth-order valence-electron chi connectivity index (χ4n) is 3.06. The minimum atomic E-state index is -0.229. The second kappa shape index (κ2) is 6.08. The first-order chi connectivity index (χ1) is 10.6. The average molecular weight is 302 g/mol. The van der Waals surface area contributed by atoms with Crippen molar-refractivity contribution in [2.45, 2.75) is 20.3 Å². The van der Waals surface area contributed by atoms with Crippen molar-refractivity contribution in [2.75, 3.05) is 37.7 Å². The highest BCUT2D eigenvalue weighted by Crippen LogP contribution is 2.28. The Morgan fingerprint density at radius 3 is 2.59 bits per heavy atom. The van der Waals surface area contributed by atoms with Crippen molar-refractivity contribution < 1.29 is 14.3 Å². The Labute approximate surface area is 130 Å². The zero-order valence-electron chi connectivity index (χ0n) is 13.2. The molecule has 2 aliphatic heterocycles. The van der Waals surface area contributed by atoms with Crippen LogP contribution in [0.1, 0.15) is 17.5 Å². The van der Waals surface area contributed by atoms with Gasteiger partial charge in [0.2, 0.25) is 11.8 Å². The van der Waals surface area contributed by atoms with E-state index >= 15 is 0 Å². The minimum Gasteiger partial charge on any atom is -0.378 e. The van der Waals surface area contributed by atoms with Gasteiger partial charge in [0.1, 0.15) is 0 Å². The van der Waals surface area contributed by atoms with Crippen LogP contribution in [0, 0.1) is 19.8 Å². The van der Waals surface area contributed by atoms with E-state index in [1.165, 1.54) is 5.56 Å². The highest BCUT2D eigenvalue weighted by atomic mass is 16.5. The average Bonchev–Trinajstić information content (AvgIpc) is 2.92. The lowest BCUT2D eigenvalue weighted by Gasteiger charge is -2.29. The summed E-state index contributed by atoms with van der Waals surface area (Å²) in [5.74, 6) is -0.106. The number of benzene rings is 1. The van der Waals surface area contributed by atoms with Gasteiger partial charge in [-0.15, -0.1) is 0 Å². The van der Waals surface area contributed by atoms with E-state index in [-0.39, 0.29) is 17.7 Å². The van der Waals surface area contributed by atoms with Gasteiger partial charge < -0.3 is 14.5 Å². The Balaban J connectivity index is 1.72. The van der Waals surface area contributed by atoms with Gasteiger partial charge in [0.25, 0.3) is 0 Å². The molecule has 118 valence electrons. The first-order valence-electron chi connectivity index (χ1n) is 7.80. The summed E-state index contributed by atoms with van der Waals surface area (Å²) >= 11 is 0. The highest BCUT2D eigenvalue weighted by Gasteiger charge is 2.37. The number of aryl methyl sites for hydroxylation is 2. The number of amides is 2.